The average molecular weight is 311 g/mol. The van der Waals surface area contributed by atoms with Gasteiger partial charge in [0.1, 0.15) is 0 Å². The maximum Gasteiger partial charge on any atom is 0.0592 e. The number of fused-ring (bicyclic) bond motifs is 1. The first-order chi connectivity index (χ1) is 10.6. The molecular formula is C20H25NS. The molecule has 1 heterocycles. The van der Waals surface area contributed by atoms with Crippen molar-refractivity contribution in [3.63, 3.8) is 0 Å². The van der Waals surface area contributed by atoms with E-state index in [4.69, 9.17) is 0 Å². The molecule has 2 aromatic rings. The first-order valence-electron chi connectivity index (χ1n) is 8.18. The summed E-state index contributed by atoms with van der Waals surface area (Å²) in [5, 5.41) is 3.99. The van der Waals surface area contributed by atoms with Crippen LogP contribution in [-0.4, -0.2) is 11.3 Å². The van der Waals surface area contributed by atoms with Gasteiger partial charge >= 0.3 is 0 Å². The summed E-state index contributed by atoms with van der Waals surface area (Å²) in [5.41, 5.74) is 2.90. The van der Waals surface area contributed by atoms with E-state index in [1.54, 1.807) is 0 Å². The van der Waals surface area contributed by atoms with Gasteiger partial charge in [-0.3, -0.25) is 5.32 Å². The molecule has 0 fully saturated rings. The summed E-state index contributed by atoms with van der Waals surface area (Å²) in [5.74, 6) is 1.75. The Bertz CT molecular complexity index is 625. The van der Waals surface area contributed by atoms with Gasteiger partial charge in [-0.2, -0.15) is 0 Å². The Morgan fingerprint density at radius 1 is 1.14 bits per heavy atom. The number of hydrogen-bond acceptors (Lipinski definition) is 2. The Kier molecular flexibility index (Phi) is 4.60. The van der Waals surface area contributed by atoms with E-state index in [0.717, 1.165) is 5.75 Å². The molecule has 3 unspecified atom stereocenters. The number of nitrogens with one attached hydrogen (secondary N) is 1. The Morgan fingerprint density at radius 3 is 2.55 bits per heavy atom. The lowest BCUT2D eigenvalue weighted by Gasteiger charge is -2.38. The minimum atomic E-state index is 0.138. The highest BCUT2D eigenvalue weighted by Crippen LogP contribution is 2.40. The van der Waals surface area contributed by atoms with E-state index < -0.39 is 0 Å². The lowest BCUT2D eigenvalue weighted by Crippen LogP contribution is -2.50. The molecule has 0 saturated carbocycles. The lowest BCUT2D eigenvalue weighted by molar-refractivity contribution is 0.254. The molecule has 3 atom stereocenters. The van der Waals surface area contributed by atoms with Gasteiger partial charge in [-0.25, -0.2) is 0 Å². The van der Waals surface area contributed by atoms with Crippen molar-refractivity contribution in [1.29, 1.82) is 0 Å². The second-order valence-electron chi connectivity index (χ2n) is 6.54. The van der Waals surface area contributed by atoms with E-state index >= 15 is 0 Å². The molecule has 2 heteroatoms. The molecule has 1 nitrogen and oxygen atoms in total. The van der Waals surface area contributed by atoms with Crippen LogP contribution in [0.4, 0.5) is 0 Å². The van der Waals surface area contributed by atoms with E-state index in [1.165, 1.54) is 22.4 Å². The highest BCUT2D eigenvalue weighted by molar-refractivity contribution is 7.99. The Labute approximate surface area is 138 Å². The molecular weight excluding hydrogens is 286 g/mol. The van der Waals surface area contributed by atoms with Gasteiger partial charge in [-0.1, -0.05) is 68.8 Å². The highest BCUT2D eigenvalue weighted by Gasteiger charge is 2.36. The Balaban J connectivity index is 2.06. The van der Waals surface area contributed by atoms with Crippen molar-refractivity contribution in [3.8, 4) is 0 Å². The van der Waals surface area contributed by atoms with Gasteiger partial charge in [0.25, 0.3) is 0 Å². The van der Waals surface area contributed by atoms with Crippen molar-refractivity contribution in [1.82, 2.24) is 5.32 Å². The lowest BCUT2D eigenvalue weighted by atomic mass is 9.84. The van der Waals surface area contributed by atoms with Crippen LogP contribution in [0.3, 0.4) is 0 Å². The molecule has 1 aliphatic heterocycles. The molecule has 2 aromatic carbocycles. The Morgan fingerprint density at radius 2 is 1.82 bits per heavy atom. The van der Waals surface area contributed by atoms with Gasteiger partial charge in [-0.05, 0) is 30.0 Å². The third-order valence-corrected chi connectivity index (χ3v) is 6.49. The second kappa shape index (κ2) is 6.47. The van der Waals surface area contributed by atoms with Crippen LogP contribution in [0.1, 0.15) is 44.4 Å². The van der Waals surface area contributed by atoms with E-state index in [0.29, 0.717) is 5.92 Å². The fraction of sp³-hybridized carbons (Fsp3) is 0.400. The van der Waals surface area contributed by atoms with Crippen LogP contribution in [0, 0.1) is 5.92 Å². The van der Waals surface area contributed by atoms with Crippen molar-refractivity contribution in [2.45, 2.75) is 43.7 Å². The van der Waals surface area contributed by atoms with Crippen LogP contribution >= 0.6 is 11.8 Å². The van der Waals surface area contributed by atoms with Crippen LogP contribution < -0.4 is 5.32 Å². The summed E-state index contributed by atoms with van der Waals surface area (Å²) in [6, 6.07) is 20.0. The van der Waals surface area contributed by atoms with Crippen molar-refractivity contribution in [3.05, 3.63) is 65.7 Å². The van der Waals surface area contributed by atoms with Crippen molar-refractivity contribution >= 4 is 11.8 Å². The smallest absolute Gasteiger partial charge is 0.0592 e. The van der Waals surface area contributed by atoms with Crippen LogP contribution in [0.5, 0.6) is 0 Å². The molecule has 3 rings (SSSR count). The van der Waals surface area contributed by atoms with Gasteiger partial charge in [0.15, 0.2) is 0 Å². The standard InChI is InChI=1S/C20H25NS/c1-4-15(2)20(3)14-22-18-13-9-8-12-17(18)19(21-20)16-10-6-5-7-11-16/h5-13,15,19,21H,4,14H2,1-3H3. The largest absolute Gasteiger partial charge is 0.300 e. The summed E-state index contributed by atoms with van der Waals surface area (Å²) >= 11 is 2.00. The normalized spacial score (nSPS) is 26.0. The topological polar surface area (TPSA) is 12.0 Å². The average Bonchev–Trinajstić information content (AvgIpc) is 2.73. The van der Waals surface area contributed by atoms with Gasteiger partial charge in [0.05, 0.1) is 6.04 Å². The molecule has 0 bridgehead atoms. The number of benzene rings is 2. The predicted molar refractivity (Wildman–Crippen MR) is 96.4 cm³/mol. The molecule has 0 saturated heterocycles. The Hall–Kier alpha value is -1.25. The van der Waals surface area contributed by atoms with Crippen LogP contribution in [0.2, 0.25) is 0 Å². The summed E-state index contributed by atoms with van der Waals surface area (Å²) in [6.45, 7) is 7.04. The van der Waals surface area contributed by atoms with E-state index in [1.807, 2.05) is 11.8 Å². The van der Waals surface area contributed by atoms with E-state index in [2.05, 4.69) is 80.7 Å². The summed E-state index contributed by atoms with van der Waals surface area (Å²) in [7, 11) is 0. The van der Waals surface area contributed by atoms with Gasteiger partial charge in [-0.15, -0.1) is 11.8 Å². The maximum absolute atomic E-state index is 3.99. The summed E-state index contributed by atoms with van der Waals surface area (Å²) in [4.78, 5) is 1.41. The molecule has 0 aromatic heterocycles. The number of rotatable bonds is 3. The molecule has 0 aliphatic carbocycles. The fourth-order valence-electron chi connectivity index (χ4n) is 3.17. The first kappa shape index (κ1) is 15.6. The van der Waals surface area contributed by atoms with E-state index in [-0.39, 0.29) is 11.6 Å². The van der Waals surface area contributed by atoms with Crippen molar-refractivity contribution in [2.75, 3.05) is 5.75 Å². The quantitative estimate of drug-likeness (QED) is 0.828. The monoisotopic (exact) mass is 311 g/mol. The van der Waals surface area contributed by atoms with Crippen LogP contribution in [0.25, 0.3) is 0 Å². The zero-order valence-electron chi connectivity index (χ0n) is 13.7. The fourth-order valence-corrected chi connectivity index (χ4v) is 4.52. The minimum Gasteiger partial charge on any atom is -0.300 e. The van der Waals surface area contributed by atoms with Crippen LogP contribution in [0.15, 0.2) is 59.5 Å². The van der Waals surface area contributed by atoms with Crippen molar-refractivity contribution in [2.24, 2.45) is 5.92 Å². The molecule has 1 aliphatic rings. The molecule has 0 radical (unpaired) electrons. The highest BCUT2D eigenvalue weighted by atomic mass is 32.2. The molecule has 116 valence electrons. The SMILES string of the molecule is CCC(C)C1(C)CSc2ccccc2C(c2ccccc2)N1. The van der Waals surface area contributed by atoms with Crippen LogP contribution in [-0.2, 0) is 0 Å². The van der Waals surface area contributed by atoms with Gasteiger partial charge in [0.2, 0.25) is 0 Å². The predicted octanol–water partition coefficient (Wildman–Crippen LogP) is 5.28. The first-order valence-corrected chi connectivity index (χ1v) is 9.17. The second-order valence-corrected chi connectivity index (χ2v) is 7.56. The van der Waals surface area contributed by atoms with E-state index in [9.17, 15) is 0 Å². The zero-order chi connectivity index (χ0) is 15.6. The number of thioether (sulfide) groups is 1. The minimum absolute atomic E-state index is 0.138. The molecule has 1 N–H and O–H groups in total. The third-order valence-electron chi connectivity index (χ3n) is 5.06. The van der Waals surface area contributed by atoms with Gasteiger partial charge in [0, 0.05) is 16.2 Å². The van der Waals surface area contributed by atoms with Crippen molar-refractivity contribution < 1.29 is 0 Å². The zero-order valence-corrected chi connectivity index (χ0v) is 14.5. The number of hydrogen-bond donors (Lipinski definition) is 1. The third kappa shape index (κ3) is 2.95. The summed E-state index contributed by atoms with van der Waals surface area (Å²) < 4.78 is 0. The molecule has 22 heavy (non-hydrogen) atoms. The maximum atomic E-state index is 3.99. The van der Waals surface area contributed by atoms with Gasteiger partial charge < -0.3 is 0 Å². The molecule has 0 amide bonds. The molecule has 0 spiro atoms. The summed E-state index contributed by atoms with van der Waals surface area (Å²) in [6.07, 6.45) is 1.20.